The van der Waals surface area contributed by atoms with Crippen LogP contribution in [0.15, 0.2) is 28.7 Å². The van der Waals surface area contributed by atoms with Gasteiger partial charge in [-0.1, -0.05) is 41.9 Å². The van der Waals surface area contributed by atoms with E-state index >= 15 is 0 Å². The van der Waals surface area contributed by atoms with Gasteiger partial charge in [-0.3, -0.25) is 0 Å². The molecular formula is C14H20BrN. The van der Waals surface area contributed by atoms with Crippen LogP contribution in [0.2, 0.25) is 0 Å². The summed E-state index contributed by atoms with van der Waals surface area (Å²) < 4.78 is 1.16. The molecule has 2 unspecified atom stereocenters. The zero-order valence-electron chi connectivity index (χ0n) is 10.3. The van der Waals surface area contributed by atoms with Gasteiger partial charge >= 0.3 is 0 Å². The highest BCUT2D eigenvalue weighted by Crippen LogP contribution is 2.53. The SMILES string of the molecule is CNC(Cc1ccc(Br)cc1)C1CC1(C)C. The quantitative estimate of drug-likeness (QED) is 0.889. The minimum absolute atomic E-state index is 0.545. The Morgan fingerprint density at radius 2 is 1.94 bits per heavy atom. The van der Waals surface area contributed by atoms with Gasteiger partial charge in [-0.25, -0.2) is 0 Å². The molecule has 1 N–H and O–H groups in total. The molecule has 2 rings (SSSR count). The first kappa shape index (κ1) is 12.1. The van der Waals surface area contributed by atoms with Crippen molar-refractivity contribution in [3.05, 3.63) is 34.3 Å². The molecule has 2 heteroatoms. The molecule has 1 fully saturated rings. The van der Waals surface area contributed by atoms with E-state index in [1.54, 1.807) is 0 Å². The van der Waals surface area contributed by atoms with E-state index in [1.807, 2.05) is 0 Å². The summed E-state index contributed by atoms with van der Waals surface area (Å²) in [6.45, 7) is 4.73. The predicted octanol–water partition coefficient (Wildman–Crippen LogP) is 3.63. The van der Waals surface area contributed by atoms with Gasteiger partial charge in [-0.15, -0.1) is 0 Å². The van der Waals surface area contributed by atoms with E-state index in [0.717, 1.165) is 16.8 Å². The summed E-state index contributed by atoms with van der Waals surface area (Å²) in [5, 5.41) is 3.47. The lowest BCUT2D eigenvalue weighted by Gasteiger charge is -2.18. The van der Waals surface area contributed by atoms with Gasteiger partial charge in [0.25, 0.3) is 0 Å². The smallest absolute Gasteiger partial charge is 0.0175 e. The monoisotopic (exact) mass is 281 g/mol. The Morgan fingerprint density at radius 1 is 1.38 bits per heavy atom. The van der Waals surface area contributed by atoms with Gasteiger partial charge in [-0.05, 0) is 48.9 Å². The Morgan fingerprint density at radius 3 is 2.38 bits per heavy atom. The van der Waals surface area contributed by atoms with E-state index in [9.17, 15) is 0 Å². The van der Waals surface area contributed by atoms with Crippen LogP contribution in [0.1, 0.15) is 25.8 Å². The average Bonchev–Trinajstić information content (AvgIpc) is 2.87. The highest BCUT2D eigenvalue weighted by Gasteiger charge is 2.49. The Labute approximate surface area is 107 Å². The molecule has 0 bridgehead atoms. The van der Waals surface area contributed by atoms with Crippen LogP contribution in [0.5, 0.6) is 0 Å². The molecule has 1 saturated carbocycles. The molecule has 0 aromatic heterocycles. The molecule has 0 aliphatic heterocycles. The van der Waals surface area contributed by atoms with Gasteiger partial charge in [0, 0.05) is 10.5 Å². The van der Waals surface area contributed by atoms with Gasteiger partial charge < -0.3 is 5.32 Å². The fourth-order valence-corrected chi connectivity index (χ4v) is 2.78. The summed E-state index contributed by atoms with van der Waals surface area (Å²) in [5.41, 5.74) is 1.97. The van der Waals surface area contributed by atoms with Crippen LogP contribution in [0, 0.1) is 11.3 Å². The number of halogens is 1. The highest BCUT2D eigenvalue weighted by molar-refractivity contribution is 9.10. The Hall–Kier alpha value is -0.340. The Balaban J connectivity index is 2.00. The average molecular weight is 282 g/mol. The Kier molecular flexibility index (Phi) is 3.41. The van der Waals surface area contributed by atoms with Gasteiger partial charge in [0.1, 0.15) is 0 Å². The van der Waals surface area contributed by atoms with Crippen LogP contribution in [0.3, 0.4) is 0 Å². The van der Waals surface area contributed by atoms with E-state index in [1.165, 1.54) is 12.0 Å². The lowest BCUT2D eigenvalue weighted by Crippen LogP contribution is -2.31. The summed E-state index contributed by atoms with van der Waals surface area (Å²) in [6.07, 6.45) is 2.49. The van der Waals surface area contributed by atoms with Crippen molar-refractivity contribution in [1.82, 2.24) is 5.32 Å². The summed E-state index contributed by atoms with van der Waals surface area (Å²) >= 11 is 3.47. The number of rotatable bonds is 4. The van der Waals surface area contributed by atoms with E-state index in [-0.39, 0.29) is 0 Å². The molecule has 1 aromatic rings. The van der Waals surface area contributed by atoms with Crippen LogP contribution < -0.4 is 5.32 Å². The van der Waals surface area contributed by atoms with Crippen molar-refractivity contribution in [3.63, 3.8) is 0 Å². The van der Waals surface area contributed by atoms with Crippen molar-refractivity contribution in [3.8, 4) is 0 Å². The van der Waals surface area contributed by atoms with Crippen LogP contribution in [0.25, 0.3) is 0 Å². The van der Waals surface area contributed by atoms with Crippen molar-refractivity contribution >= 4 is 15.9 Å². The molecule has 1 nitrogen and oxygen atoms in total. The lowest BCUT2D eigenvalue weighted by molar-refractivity contribution is 0.426. The summed E-state index contributed by atoms with van der Waals surface area (Å²) in [7, 11) is 2.08. The summed E-state index contributed by atoms with van der Waals surface area (Å²) in [4.78, 5) is 0. The second kappa shape index (κ2) is 4.50. The number of benzene rings is 1. The van der Waals surface area contributed by atoms with Crippen LogP contribution in [-0.4, -0.2) is 13.1 Å². The van der Waals surface area contributed by atoms with E-state index < -0.39 is 0 Å². The summed E-state index contributed by atoms with van der Waals surface area (Å²) in [6, 6.07) is 9.30. The third-order valence-electron chi connectivity index (χ3n) is 3.82. The first-order chi connectivity index (χ1) is 7.53. The molecule has 16 heavy (non-hydrogen) atoms. The van der Waals surface area contributed by atoms with E-state index in [2.05, 4.69) is 66.4 Å². The van der Waals surface area contributed by atoms with Gasteiger partial charge in [0.15, 0.2) is 0 Å². The molecule has 0 heterocycles. The largest absolute Gasteiger partial charge is 0.316 e. The van der Waals surface area contributed by atoms with Gasteiger partial charge in [-0.2, -0.15) is 0 Å². The van der Waals surface area contributed by atoms with Gasteiger partial charge in [0.2, 0.25) is 0 Å². The lowest BCUT2D eigenvalue weighted by atomic mass is 9.97. The second-order valence-electron chi connectivity index (χ2n) is 5.52. The number of hydrogen-bond acceptors (Lipinski definition) is 1. The van der Waals surface area contributed by atoms with Crippen molar-refractivity contribution < 1.29 is 0 Å². The van der Waals surface area contributed by atoms with Crippen LogP contribution >= 0.6 is 15.9 Å². The van der Waals surface area contributed by atoms with Crippen molar-refractivity contribution in [2.24, 2.45) is 11.3 Å². The maximum atomic E-state index is 3.47. The van der Waals surface area contributed by atoms with Crippen molar-refractivity contribution in [2.45, 2.75) is 32.7 Å². The first-order valence-corrected chi connectivity index (χ1v) is 6.74. The van der Waals surface area contributed by atoms with Gasteiger partial charge in [0.05, 0.1) is 0 Å². The molecule has 88 valence electrons. The third kappa shape index (κ3) is 2.67. The van der Waals surface area contributed by atoms with E-state index in [0.29, 0.717) is 11.5 Å². The molecule has 1 aromatic carbocycles. The molecule has 0 saturated heterocycles. The predicted molar refractivity (Wildman–Crippen MR) is 72.6 cm³/mol. The molecule has 2 atom stereocenters. The topological polar surface area (TPSA) is 12.0 Å². The minimum atomic E-state index is 0.545. The Bertz CT molecular complexity index is 356. The fourth-order valence-electron chi connectivity index (χ4n) is 2.51. The van der Waals surface area contributed by atoms with Crippen molar-refractivity contribution in [2.75, 3.05) is 7.05 Å². The second-order valence-corrected chi connectivity index (χ2v) is 6.44. The molecular weight excluding hydrogens is 262 g/mol. The third-order valence-corrected chi connectivity index (χ3v) is 4.34. The number of hydrogen-bond donors (Lipinski definition) is 1. The zero-order chi connectivity index (χ0) is 11.8. The molecule has 0 radical (unpaired) electrons. The zero-order valence-corrected chi connectivity index (χ0v) is 11.8. The maximum Gasteiger partial charge on any atom is 0.0175 e. The van der Waals surface area contributed by atoms with E-state index in [4.69, 9.17) is 0 Å². The van der Waals surface area contributed by atoms with Crippen LogP contribution in [0.4, 0.5) is 0 Å². The number of nitrogens with one attached hydrogen (secondary N) is 1. The fraction of sp³-hybridized carbons (Fsp3) is 0.571. The maximum absolute atomic E-state index is 3.47. The number of likely N-dealkylation sites (N-methyl/N-ethyl adjacent to an activating group) is 1. The highest BCUT2D eigenvalue weighted by atomic mass is 79.9. The molecule has 0 amide bonds. The van der Waals surface area contributed by atoms with Crippen molar-refractivity contribution in [1.29, 1.82) is 0 Å². The minimum Gasteiger partial charge on any atom is -0.316 e. The normalized spacial score (nSPS) is 24.1. The first-order valence-electron chi connectivity index (χ1n) is 5.94. The molecule has 1 aliphatic carbocycles. The molecule has 1 aliphatic rings. The van der Waals surface area contributed by atoms with Crippen LogP contribution in [-0.2, 0) is 6.42 Å². The summed E-state index contributed by atoms with van der Waals surface area (Å²) in [5.74, 6) is 0.834. The molecule has 0 spiro atoms. The standard InChI is InChI=1S/C14H20BrN/c1-14(2)9-12(14)13(16-3)8-10-4-6-11(15)7-5-10/h4-7,12-13,16H,8-9H2,1-3H3.